The van der Waals surface area contributed by atoms with Crippen molar-refractivity contribution in [3.8, 4) is 0 Å². The summed E-state index contributed by atoms with van der Waals surface area (Å²) in [7, 11) is 3.43. The minimum absolute atomic E-state index is 0. The number of hydrogen-bond acceptors (Lipinski definition) is 2. The van der Waals surface area contributed by atoms with Gasteiger partial charge in [-0.1, -0.05) is 0 Å². The van der Waals surface area contributed by atoms with E-state index in [1.807, 2.05) is 0 Å². The van der Waals surface area contributed by atoms with Crippen LogP contribution in [0.4, 0.5) is 0 Å². The predicted molar refractivity (Wildman–Crippen MR) is 34.7 cm³/mol. The van der Waals surface area contributed by atoms with E-state index >= 15 is 0 Å². The molecule has 0 bridgehead atoms. The fourth-order valence-corrected chi connectivity index (χ4v) is 0.271. The molecule has 0 aromatic carbocycles. The summed E-state index contributed by atoms with van der Waals surface area (Å²) in [5.41, 5.74) is 0. The van der Waals surface area contributed by atoms with Crippen molar-refractivity contribution < 1.29 is 9.90 Å². The molecular formula is C4H11NO2Sr. The van der Waals surface area contributed by atoms with Crippen LogP contribution >= 0.6 is 0 Å². The molecule has 0 saturated carbocycles. The van der Waals surface area contributed by atoms with Crippen LogP contribution in [0.15, 0.2) is 0 Å². The molecule has 0 heterocycles. The zero-order valence-electron chi connectivity index (χ0n) is 4.51. The zero-order valence-corrected chi connectivity index (χ0v) is 4.51. The van der Waals surface area contributed by atoms with Crippen molar-refractivity contribution in [2.45, 2.75) is 0 Å². The molecule has 0 aromatic rings. The summed E-state index contributed by atoms with van der Waals surface area (Å²) in [6, 6.07) is 0. The second-order valence-electron chi connectivity index (χ2n) is 1.63. The Morgan fingerprint density at radius 3 is 2.00 bits per heavy atom. The predicted octanol–water partition coefficient (Wildman–Crippen LogP) is -1.28. The molecule has 0 saturated heterocycles. The molecule has 46 valence electrons. The number of carboxylic acid groups (broad SMARTS) is 1. The van der Waals surface area contributed by atoms with Crippen LogP contribution in [0.1, 0.15) is 0 Å². The van der Waals surface area contributed by atoms with Crippen molar-refractivity contribution in [3.63, 3.8) is 0 Å². The molecule has 0 radical (unpaired) electrons. The summed E-state index contributed by atoms with van der Waals surface area (Å²) in [6.07, 6.45) is 0. The van der Waals surface area contributed by atoms with E-state index in [0.717, 1.165) is 0 Å². The Labute approximate surface area is 85.9 Å². The van der Waals surface area contributed by atoms with Gasteiger partial charge in [-0.15, -0.1) is 0 Å². The van der Waals surface area contributed by atoms with E-state index in [2.05, 4.69) is 0 Å². The van der Waals surface area contributed by atoms with Crippen LogP contribution in [0.5, 0.6) is 0 Å². The summed E-state index contributed by atoms with van der Waals surface area (Å²) < 4.78 is 0. The molecule has 8 heavy (non-hydrogen) atoms. The number of rotatable bonds is 2. The molecular weight excluding hydrogens is 182 g/mol. The van der Waals surface area contributed by atoms with Crippen molar-refractivity contribution in [2.24, 2.45) is 0 Å². The second-order valence-corrected chi connectivity index (χ2v) is 1.63. The van der Waals surface area contributed by atoms with E-state index in [0.29, 0.717) is 0 Å². The summed E-state index contributed by atoms with van der Waals surface area (Å²) in [6.45, 7) is 0.111. The first-order valence-corrected chi connectivity index (χ1v) is 1.99. The van der Waals surface area contributed by atoms with Crippen LogP contribution in [-0.2, 0) is 4.79 Å². The van der Waals surface area contributed by atoms with Gasteiger partial charge in [0.05, 0.1) is 6.54 Å². The number of carbonyl (C=O) groups is 1. The third-order valence-electron chi connectivity index (χ3n) is 0.451. The first-order valence-electron chi connectivity index (χ1n) is 1.99. The maximum atomic E-state index is 9.77. The van der Waals surface area contributed by atoms with Crippen molar-refractivity contribution in [1.82, 2.24) is 4.90 Å². The van der Waals surface area contributed by atoms with Crippen molar-refractivity contribution >= 4 is 51.5 Å². The zero-order chi connectivity index (χ0) is 5.86. The van der Waals surface area contributed by atoms with Gasteiger partial charge in [-0.2, -0.15) is 0 Å². The van der Waals surface area contributed by atoms with Gasteiger partial charge >= 0.3 is 51.5 Å². The standard InChI is InChI=1S/C4H9NO2.Sr.2H/c1-5(2)3-4(6)7;;;/h3H2,1-2H3,(H,6,7);;;. The summed E-state index contributed by atoms with van der Waals surface area (Å²) >= 11 is 0. The molecule has 0 aliphatic carbocycles. The van der Waals surface area contributed by atoms with Crippen LogP contribution in [0, 0.1) is 0 Å². The van der Waals surface area contributed by atoms with E-state index in [1.165, 1.54) is 0 Å². The third-order valence-corrected chi connectivity index (χ3v) is 0.451. The fourth-order valence-electron chi connectivity index (χ4n) is 0.271. The van der Waals surface area contributed by atoms with Gasteiger partial charge in [-0.25, -0.2) is 0 Å². The van der Waals surface area contributed by atoms with Gasteiger partial charge < -0.3 is 5.11 Å². The van der Waals surface area contributed by atoms with Crippen LogP contribution in [0.3, 0.4) is 0 Å². The molecule has 4 heteroatoms. The van der Waals surface area contributed by atoms with Gasteiger partial charge in [0.15, 0.2) is 0 Å². The summed E-state index contributed by atoms with van der Waals surface area (Å²) in [5.74, 6) is -0.787. The van der Waals surface area contributed by atoms with E-state index < -0.39 is 5.97 Å². The molecule has 3 nitrogen and oxygen atoms in total. The Balaban J connectivity index is 0. The Kier molecular flexibility index (Phi) is 8.81. The van der Waals surface area contributed by atoms with Gasteiger partial charge in [-0.05, 0) is 14.1 Å². The fraction of sp³-hybridized carbons (Fsp3) is 0.750. The topological polar surface area (TPSA) is 40.5 Å². The Bertz CT molecular complexity index is 74.4. The van der Waals surface area contributed by atoms with Crippen LogP contribution in [-0.4, -0.2) is 82.1 Å². The van der Waals surface area contributed by atoms with Crippen LogP contribution < -0.4 is 0 Å². The molecule has 0 aliphatic heterocycles. The summed E-state index contributed by atoms with van der Waals surface area (Å²) in [4.78, 5) is 11.4. The van der Waals surface area contributed by atoms with Gasteiger partial charge in [-0.3, -0.25) is 9.69 Å². The first-order chi connectivity index (χ1) is 3.13. The minimum atomic E-state index is -0.787. The van der Waals surface area contributed by atoms with E-state index in [4.69, 9.17) is 5.11 Å². The number of likely N-dealkylation sites (N-methyl/N-ethyl adjacent to an activating group) is 1. The number of nitrogens with zero attached hydrogens (tertiary/aromatic N) is 1. The van der Waals surface area contributed by atoms with Crippen molar-refractivity contribution in [3.05, 3.63) is 0 Å². The van der Waals surface area contributed by atoms with Gasteiger partial charge in [0.1, 0.15) is 0 Å². The maximum absolute atomic E-state index is 9.77. The van der Waals surface area contributed by atoms with Crippen molar-refractivity contribution in [2.75, 3.05) is 20.6 Å². The average Bonchev–Trinajstić information content (AvgIpc) is 1.27. The third kappa shape index (κ3) is 10.0. The van der Waals surface area contributed by atoms with Gasteiger partial charge in [0.25, 0.3) is 0 Å². The number of aliphatic carboxylic acids is 1. The first kappa shape index (κ1) is 11.7. The van der Waals surface area contributed by atoms with E-state index in [-0.39, 0.29) is 52.0 Å². The monoisotopic (exact) mass is 193 g/mol. The Morgan fingerprint density at radius 1 is 1.62 bits per heavy atom. The average molecular weight is 193 g/mol. The molecule has 0 aliphatic rings. The second kappa shape index (κ2) is 6.04. The molecule has 0 amide bonds. The van der Waals surface area contributed by atoms with Gasteiger partial charge in [0.2, 0.25) is 0 Å². The molecule has 0 aromatic heterocycles. The van der Waals surface area contributed by atoms with Crippen molar-refractivity contribution in [1.29, 1.82) is 0 Å². The SMILES string of the molecule is CN(C)CC(=O)O.[SrH2]. The molecule has 0 spiro atoms. The number of carboxylic acids is 1. The normalized spacial score (nSPS) is 8.38. The molecule has 0 unspecified atom stereocenters. The molecule has 0 fully saturated rings. The molecule has 0 atom stereocenters. The van der Waals surface area contributed by atoms with Gasteiger partial charge in [0, 0.05) is 0 Å². The van der Waals surface area contributed by atoms with Crippen LogP contribution in [0.2, 0.25) is 0 Å². The molecule has 1 N–H and O–H groups in total. The quantitative estimate of drug-likeness (QED) is 0.554. The Hall–Kier alpha value is 0.911. The molecule has 0 rings (SSSR count). The summed E-state index contributed by atoms with van der Waals surface area (Å²) in [5, 5.41) is 8.04. The van der Waals surface area contributed by atoms with E-state index in [9.17, 15) is 4.79 Å². The Morgan fingerprint density at radius 2 is 2.00 bits per heavy atom. The van der Waals surface area contributed by atoms with E-state index in [1.54, 1.807) is 19.0 Å². The number of hydrogen-bond donors (Lipinski definition) is 1. The van der Waals surface area contributed by atoms with Crippen LogP contribution in [0.25, 0.3) is 0 Å².